The fourth-order valence-electron chi connectivity index (χ4n) is 3.78. The number of rotatable bonds is 5. The molecule has 1 aromatic heterocycles. The lowest BCUT2D eigenvalue weighted by Crippen LogP contribution is -2.36. The standard InChI is InChI=1S/C24H21N3O4/c1-14(24(30)31-4)25-22(28)15(2)27-13-20-18(6-5-7-19(20)23(27)29)16-8-9-21-17(12-16)10-11-26(21)3/h5-12H,1-2,13H2,3-4H3,(H,25,28). The third-order valence-electron chi connectivity index (χ3n) is 5.45. The highest BCUT2D eigenvalue weighted by Gasteiger charge is 2.33. The average Bonchev–Trinajstić information content (AvgIpc) is 3.32. The minimum absolute atomic E-state index is 0.0734. The predicted octanol–water partition coefficient (Wildman–Crippen LogP) is 3.12. The molecule has 0 radical (unpaired) electrons. The lowest BCUT2D eigenvalue weighted by atomic mass is 9.96. The highest BCUT2D eigenvalue weighted by Crippen LogP contribution is 2.35. The summed E-state index contributed by atoms with van der Waals surface area (Å²) in [4.78, 5) is 38.3. The van der Waals surface area contributed by atoms with Crippen LogP contribution in [0.4, 0.5) is 0 Å². The number of fused-ring (bicyclic) bond motifs is 2. The van der Waals surface area contributed by atoms with E-state index in [2.05, 4.69) is 29.3 Å². The van der Waals surface area contributed by atoms with Crippen molar-refractivity contribution in [3.63, 3.8) is 0 Å². The van der Waals surface area contributed by atoms with Gasteiger partial charge in [0.15, 0.2) is 0 Å². The van der Waals surface area contributed by atoms with E-state index in [9.17, 15) is 14.4 Å². The molecule has 0 atom stereocenters. The third-order valence-corrected chi connectivity index (χ3v) is 5.45. The number of methoxy groups -OCH3 is 1. The molecule has 0 bridgehead atoms. The number of carbonyl (C=O) groups is 3. The van der Waals surface area contributed by atoms with E-state index in [0.717, 1.165) is 27.6 Å². The van der Waals surface area contributed by atoms with Gasteiger partial charge in [-0.25, -0.2) is 4.79 Å². The first-order valence-corrected chi connectivity index (χ1v) is 9.58. The molecule has 4 rings (SSSR count). The Morgan fingerprint density at radius 2 is 1.84 bits per heavy atom. The molecule has 0 saturated heterocycles. The number of nitrogens with one attached hydrogen (secondary N) is 1. The molecular weight excluding hydrogens is 394 g/mol. The van der Waals surface area contributed by atoms with Crippen molar-refractivity contribution in [3.05, 3.63) is 84.3 Å². The maximum atomic E-state index is 13.0. The summed E-state index contributed by atoms with van der Waals surface area (Å²) in [5, 5.41) is 3.42. The molecule has 1 aliphatic rings. The van der Waals surface area contributed by atoms with Gasteiger partial charge in [-0.05, 0) is 41.0 Å². The summed E-state index contributed by atoms with van der Waals surface area (Å²) in [5.41, 5.74) is 4.07. The second kappa shape index (κ2) is 7.60. The quantitative estimate of drug-likeness (QED) is 0.513. The van der Waals surface area contributed by atoms with Crippen molar-refractivity contribution < 1.29 is 19.1 Å². The van der Waals surface area contributed by atoms with E-state index in [4.69, 9.17) is 0 Å². The van der Waals surface area contributed by atoms with Crippen molar-refractivity contribution in [3.8, 4) is 11.1 Å². The van der Waals surface area contributed by atoms with Gasteiger partial charge >= 0.3 is 5.97 Å². The molecule has 3 aromatic rings. The number of aryl methyl sites for hydroxylation is 1. The highest BCUT2D eigenvalue weighted by atomic mass is 16.5. The maximum Gasteiger partial charge on any atom is 0.353 e. The van der Waals surface area contributed by atoms with Crippen LogP contribution in [-0.2, 0) is 27.9 Å². The van der Waals surface area contributed by atoms with Gasteiger partial charge in [0, 0.05) is 29.7 Å². The Labute approximate surface area is 179 Å². The summed E-state index contributed by atoms with van der Waals surface area (Å²) in [6.07, 6.45) is 2.00. The molecule has 7 heteroatoms. The molecule has 0 aliphatic carbocycles. The number of hydrogen-bond donors (Lipinski definition) is 1. The van der Waals surface area contributed by atoms with Gasteiger partial charge in [0.05, 0.1) is 13.7 Å². The maximum absolute atomic E-state index is 13.0. The van der Waals surface area contributed by atoms with Gasteiger partial charge in [0.25, 0.3) is 11.8 Å². The van der Waals surface area contributed by atoms with E-state index in [1.54, 1.807) is 6.07 Å². The Morgan fingerprint density at radius 3 is 2.58 bits per heavy atom. The second-order valence-electron chi connectivity index (χ2n) is 7.29. The van der Waals surface area contributed by atoms with Crippen LogP contribution >= 0.6 is 0 Å². The van der Waals surface area contributed by atoms with Crippen LogP contribution in [0.1, 0.15) is 15.9 Å². The smallest absolute Gasteiger partial charge is 0.353 e. The van der Waals surface area contributed by atoms with E-state index in [1.165, 1.54) is 12.0 Å². The highest BCUT2D eigenvalue weighted by molar-refractivity contribution is 6.08. The van der Waals surface area contributed by atoms with E-state index >= 15 is 0 Å². The SMILES string of the molecule is C=C(NC(=O)C(=C)N1Cc2c(cccc2-c2ccc3c(ccn3C)c2)C1=O)C(=O)OC. The fourth-order valence-corrected chi connectivity index (χ4v) is 3.78. The Morgan fingerprint density at radius 1 is 1.10 bits per heavy atom. The molecule has 1 aliphatic heterocycles. The van der Waals surface area contributed by atoms with Crippen LogP contribution in [0, 0.1) is 0 Å². The summed E-state index contributed by atoms with van der Waals surface area (Å²) >= 11 is 0. The molecule has 7 nitrogen and oxygen atoms in total. The normalized spacial score (nSPS) is 12.6. The van der Waals surface area contributed by atoms with Crippen LogP contribution in [0.25, 0.3) is 22.0 Å². The van der Waals surface area contributed by atoms with Crippen molar-refractivity contribution in [1.29, 1.82) is 0 Å². The van der Waals surface area contributed by atoms with E-state index in [-0.39, 0.29) is 23.8 Å². The largest absolute Gasteiger partial charge is 0.464 e. The van der Waals surface area contributed by atoms with Gasteiger partial charge < -0.3 is 14.6 Å². The summed E-state index contributed by atoms with van der Waals surface area (Å²) in [6.45, 7) is 7.41. The molecule has 0 saturated carbocycles. The van der Waals surface area contributed by atoms with Gasteiger partial charge in [-0.3, -0.25) is 14.5 Å². The van der Waals surface area contributed by atoms with Crippen molar-refractivity contribution in [2.75, 3.05) is 7.11 Å². The minimum atomic E-state index is -0.768. The Balaban J connectivity index is 1.63. The number of amides is 2. The first kappa shape index (κ1) is 20.2. The molecule has 31 heavy (non-hydrogen) atoms. The van der Waals surface area contributed by atoms with Crippen LogP contribution in [0.3, 0.4) is 0 Å². The summed E-state index contributed by atoms with van der Waals surface area (Å²) in [7, 11) is 3.17. The molecule has 2 heterocycles. The van der Waals surface area contributed by atoms with Gasteiger partial charge in [0.2, 0.25) is 0 Å². The molecule has 0 spiro atoms. The van der Waals surface area contributed by atoms with Gasteiger partial charge in [-0.2, -0.15) is 0 Å². The van der Waals surface area contributed by atoms with E-state index in [0.29, 0.717) is 5.56 Å². The van der Waals surface area contributed by atoms with Gasteiger partial charge in [0.1, 0.15) is 11.4 Å². The average molecular weight is 415 g/mol. The van der Waals surface area contributed by atoms with Crippen molar-refractivity contribution in [2.24, 2.45) is 7.05 Å². The number of nitrogens with zero attached hydrogens (tertiary/aromatic N) is 2. The number of esters is 1. The lowest BCUT2D eigenvalue weighted by molar-refractivity contribution is -0.137. The van der Waals surface area contributed by atoms with Crippen LogP contribution in [0.2, 0.25) is 0 Å². The molecule has 0 fully saturated rings. The second-order valence-corrected chi connectivity index (χ2v) is 7.29. The molecule has 2 aromatic carbocycles. The number of ether oxygens (including phenoxy) is 1. The Bertz CT molecular complexity index is 1290. The minimum Gasteiger partial charge on any atom is -0.464 e. The topological polar surface area (TPSA) is 80.6 Å². The van der Waals surface area contributed by atoms with Crippen LogP contribution in [-0.4, -0.2) is 34.4 Å². The van der Waals surface area contributed by atoms with Crippen molar-refractivity contribution in [2.45, 2.75) is 6.54 Å². The zero-order chi connectivity index (χ0) is 22.3. The molecule has 156 valence electrons. The fraction of sp³-hybridized carbons (Fsp3) is 0.125. The van der Waals surface area contributed by atoms with Crippen molar-refractivity contribution in [1.82, 2.24) is 14.8 Å². The zero-order valence-corrected chi connectivity index (χ0v) is 17.3. The molecule has 0 unspecified atom stereocenters. The van der Waals surface area contributed by atoms with E-state index in [1.807, 2.05) is 48.1 Å². The monoisotopic (exact) mass is 415 g/mol. The number of carbonyl (C=O) groups excluding carboxylic acids is 3. The molecular formula is C24H21N3O4. The summed E-state index contributed by atoms with van der Waals surface area (Å²) in [5.74, 6) is -1.78. The van der Waals surface area contributed by atoms with Gasteiger partial charge in [-0.1, -0.05) is 31.4 Å². The Kier molecular flexibility index (Phi) is 4.94. The third kappa shape index (κ3) is 3.40. The zero-order valence-electron chi connectivity index (χ0n) is 17.3. The first-order valence-electron chi connectivity index (χ1n) is 9.58. The van der Waals surface area contributed by atoms with Crippen LogP contribution in [0.15, 0.2) is 73.2 Å². The Hall–Kier alpha value is -4.13. The summed E-state index contributed by atoms with van der Waals surface area (Å²) < 4.78 is 6.57. The number of aromatic nitrogens is 1. The molecule has 2 amide bonds. The summed E-state index contributed by atoms with van der Waals surface area (Å²) in [6, 6.07) is 13.7. The predicted molar refractivity (Wildman–Crippen MR) is 117 cm³/mol. The van der Waals surface area contributed by atoms with E-state index < -0.39 is 11.9 Å². The van der Waals surface area contributed by atoms with Crippen molar-refractivity contribution >= 4 is 28.7 Å². The first-order chi connectivity index (χ1) is 14.8. The number of hydrogen-bond acceptors (Lipinski definition) is 4. The molecule has 1 N–H and O–H groups in total. The number of benzene rings is 2. The van der Waals surface area contributed by atoms with Crippen LogP contribution in [0.5, 0.6) is 0 Å². The lowest BCUT2D eigenvalue weighted by Gasteiger charge is -2.18. The van der Waals surface area contributed by atoms with Gasteiger partial charge in [-0.15, -0.1) is 0 Å². The van der Waals surface area contributed by atoms with Crippen LogP contribution < -0.4 is 5.32 Å².